The zero-order chi connectivity index (χ0) is 13.7. The van der Waals surface area contributed by atoms with Crippen molar-refractivity contribution in [2.45, 2.75) is 26.4 Å². The Balaban J connectivity index is 2.58. The maximum atomic E-state index is 11.9. The van der Waals surface area contributed by atoms with Crippen LogP contribution in [0, 0.1) is 0 Å². The third kappa shape index (κ3) is 3.89. The molecule has 1 heterocycles. The van der Waals surface area contributed by atoms with E-state index < -0.39 is 0 Å². The Morgan fingerprint density at radius 1 is 1.44 bits per heavy atom. The SMILES string of the molecule is CC(C)NC(=O)CN(C)C(=O)c1ccc(CN)o1. The van der Waals surface area contributed by atoms with Crippen LogP contribution in [0.25, 0.3) is 0 Å². The molecule has 0 atom stereocenters. The van der Waals surface area contributed by atoms with E-state index in [2.05, 4.69) is 5.32 Å². The van der Waals surface area contributed by atoms with Gasteiger partial charge in [0.15, 0.2) is 5.76 Å². The van der Waals surface area contributed by atoms with Crippen LogP contribution in [-0.4, -0.2) is 36.3 Å². The average Bonchev–Trinajstić information content (AvgIpc) is 2.75. The van der Waals surface area contributed by atoms with Gasteiger partial charge in [-0.15, -0.1) is 0 Å². The molecule has 0 aliphatic heterocycles. The molecule has 0 saturated heterocycles. The Morgan fingerprint density at radius 3 is 2.61 bits per heavy atom. The van der Waals surface area contributed by atoms with Gasteiger partial charge in [0, 0.05) is 13.1 Å². The summed E-state index contributed by atoms with van der Waals surface area (Å²) < 4.78 is 5.23. The monoisotopic (exact) mass is 253 g/mol. The predicted octanol–water partition coefficient (Wildman–Crippen LogP) is 0.335. The number of amides is 2. The maximum absolute atomic E-state index is 11.9. The fourth-order valence-corrected chi connectivity index (χ4v) is 1.45. The molecule has 1 rings (SSSR count). The molecule has 0 unspecified atom stereocenters. The zero-order valence-corrected chi connectivity index (χ0v) is 10.9. The van der Waals surface area contributed by atoms with Crippen LogP contribution in [0.2, 0.25) is 0 Å². The standard InChI is InChI=1S/C12H19N3O3/c1-8(2)14-11(16)7-15(3)12(17)10-5-4-9(6-13)18-10/h4-5,8H,6-7,13H2,1-3H3,(H,14,16). The van der Waals surface area contributed by atoms with Gasteiger partial charge in [0.25, 0.3) is 5.91 Å². The Bertz CT molecular complexity index is 426. The Hall–Kier alpha value is -1.82. The van der Waals surface area contributed by atoms with Gasteiger partial charge in [0.1, 0.15) is 5.76 Å². The summed E-state index contributed by atoms with van der Waals surface area (Å²) in [4.78, 5) is 24.7. The summed E-state index contributed by atoms with van der Waals surface area (Å²) in [6.07, 6.45) is 0. The minimum atomic E-state index is -0.339. The van der Waals surface area contributed by atoms with Gasteiger partial charge in [0.05, 0.1) is 13.1 Å². The Labute approximate surface area is 106 Å². The molecule has 6 heteroatoms. The molecule has 0 fully saturated rings. The number of nitrogens with zero attached hydrogens (tertiary/aromatic N) is 1. The summed E-state index contributed by atoms with van der Waals surface area (Å²) >= 11 is 0. The van der Waals surface area contributed by atoms with Gasteiger partial charge >= 0.3 is 0 Å². The van der Waals surface area contributed by atoms with Crippen molar-refractivity contribution < 1.29 is 14.0 Å². The molecule has 0 aliphatic carbocycles. The van der Waals surface area contributed by atoms with Crippen LogP contribution in [-0.2, 0) is 11.3 Å². The first-order chi connectivity index (χ1) is 8.43. The summed E-state index contributed by atoms with van der Waals surface area (Å²) in [6, 6.07) is 3.25. The number of furan rings is 1. The molecule has 1 aromatic heterocycles. The van der Waals surface area contributed by atoms with Gasteiger partial charge in [-0.2, -0.15) is 0 Å². The molecule has 0 aliphatic rings. The molecule has 2 amide bonds. The van der Waals surface area contributed by atoms with E-state index in [-0.39, 0.29) is 36.7 Å². The minimum absolute atomic E-state index is 0.00429. The second-order valence-electron chi connectivity index (χ2n) is 4.35. The quantitative estimate of drug-likeness (QED) is 0.791. The van der Waals surface area contributed by atoms with Crippen molar-refractivity contribution >= 4 is 11.8 Å². The predicted molar refractivity (Wildman–Crippen MR) is 66.8 cm³/mol. The highest BCUT2D eigenvalue weighted by Gasteiger charge is 2.18. The molecule has 6 nitrogen and oxygen atoms in total. The molecule has 0 aromatic carbocycles. The summed E-state index contributed by atoms with van der Waals surface area (Å²) in [6.45, 7) is 3.96. The highest BCUT2D eigenvalue weighted by molar-refractivity contribution is 5.94. The molecule has 0 bridgehead atoms. The molecule has 0 saturated carbocycles. The lowest BCUT2D eigenvalue weighted by atomic mass is 10.3. The van der Waals surface area contributed by atoms with Gasteiger partial charge in [-0.1, -0.05) is 0 Å². The fourth-order valence-electron chi connectivity index (χ4n) is 1.45. The number of carbonyl (C=O) groups excluding carboxylic acids is 2. The molecular formula is C12H19N3O3. The summed E-state index contributed by atoms with van der Waals surface area (Å²) in [5, 5.41) is 2.71. The van der Waals surface area contributed by atoms with E-state index in [1.165, 1.54) is 4.90 Å². The first-order valence-corrected chi connectivity index (χ1v) is 5.77. The van der Waals surface area contributed by atoms with Gasteiger partial charge < -0.3 is 20.4 Å². The van der Waals surface area contributed by atoms with Gasteiger partial charge in [-0.25, -0.2) is 0 Å². The summed E-state index contributed by atoms with van der Waals surface area (Å²) in [5.41, 5.74) is 5.39. The molecule has 100 valence electrons. The van der Waals surface area contributed by atoms with Crippen molar-refractivity contribution in [3.63, 3.8) is 0 Å². The van der Waals surface area contributed by atoms with E-state index in [9.17, 15) is 9.59 Å². The van der Waals surface area contributed by atoms with E-state index in [4.69, 9.17) is 10.2 Å². The molecule has 0 radical (unpaired) electrons. The van der Waals surface area contributed by atoms with Crippen LogP contribution in [0.4, 0.5) is 0 Å². The third-order valence-corrected chi connectivity index (χ3v) is 2.25. The lowest BCUT2D eigenvalue weighted by molar-refractivity contribution is -0.122. The second kappa shape index (κ2) is 6.20. The number of likely N-dealkylation sites (N-methyl/N-ethyl adjacent to an activating group) is 1. The second-order valence-corrected chi connectivity index (χ2v) is 4.35. The molecule has 1 aromatic rings. The van der Waals surface area contributed by atoms with Crippen molar-refractivity contribution in [2.24, 2.45) is 5.73 Å². The number of nitrogens with two attached hydrogens (primary N) is 1. The maximum Gasteiger partial charge on any atom is 0.289 e. The molecular weight excluding hydrogens is 234 g/mol. The molecule has 0 spiro atoms. The summed E-state index contributed by atoms with van der Waals surface area (Å²) in [7, 11) is 1.55. The number of rotatable bonds is 5. The van der Waals surface area contributed by atoms with Crippen LogP contribution >= 0.6 is 0 Å². The van der Waals surface area contributed by atoms with Crippen molar-refractivity contribution in [1.82, 2.24) is 10.2 Å². The van der Waals surface area contributed by atoms with Gasteiger partial charge in [-0.05, 0) is 26.0 Å². The van der Waals surface area contributed by atoms with E-state index in [1.807, 2.05) is 13.8 Å². The number of hydrogen-bond acceptors (Lipinski definition) is 4. The molecule has 3 N–H and O–H groups in total. The largest absolute Gasteiger partial charge is 0.455 e. The lowest BCUT2D eigenvalue weighted by Crippen LogP contribution is -2.40. The topological polar surface area (TPSA) is 88.6 Å². The lowest BCUT2D eigenvalue weighted by Gasteiger charge is -2.16. The Kier molecular flexibility index (Phi) is 4.91. The zero-order valence-electron chi connectivity index (χ0n) is 10.9. The van der Waals surface area contributed by atoms with Crippen molar-refractivity contribution in [3.05, 3.63) is 23.7 Å². The van der Waals surface area contributed by atoms with Crippen LogP contribution in [0.3, 0.4) is 0 Å². The van der Waals surface area contributed by atoms with E-state index >= 15 is 0 Å². The van der Waals surface area contributed by atoms with Gasteiger partial charge in [0.2, 0.25) is 5.91 Å². The number of nitrogens with one attached hydrogen (secondary N) is 1. The average molecular weight is 253 g/mol. The minimum Gasteiger partial charge on any atom is -0.455 e. The van der Waals surface area contributed by atoms with E-state index in [0.717, 1.165) is 0 Å². The van der Waals surface area contributed by atoms with Crippen molar-refractivity contribution in [2.75, 3.05) is 13.6 Å². The highest BCUT2D eigenvalue weighted by atomic mass is 16.4. The molecule has 18 heavy (non-hydrogen) atoms. The van der Waals surface area contributed by atoms with Gasteiger partial charge in [-0.3, -0.25) is 9.59 Å². The summed E-state index contributed by atoms with van der Waals surface area (Å²) in [5.74, 6) is 0.189. The van der Waals surface area contributed by atoms with Crippen LogP contribution in [0.15, 0.2) is 16.5 Å². The number of hydrogen-bond donors (Lipinski definition) is 2. The van der Waals surface area contributed by atoms with E-state index in [1.54, 1.807) is 19.2 Å². The van der Waals surface area contributed by atoms with Crippen LogP contribution < -0.4 is 11.1 Å². The van der Waals surface area contributed by atoms with Crippen LogP contribution in [0.5, 0.6) is 0 Å². The van der Waals surface area contributed by atoms with Crippen LogP contribution in [0.1, 0.15) is 30.2 Å². The first kappa shape index (κ1) is 14.2. The normalized spacial score (nSPS) is 10.5. The van der Waals surface area contributed by atoms with Crippen molar-refractivity contribution in [1.29, 1.82) is 0 Å². The highest BCUT2D eigenvalue weighted by Crippen LogP contribution is 2.09. The third-order valence-electron chi connectivity index (χ3n) is 2.25. The van der Waals surface area contributed by atoms with E-state index in [0.29, 0.717) is 5.76 Å². The number of carbonyl (C=O) groups is 2. The Morgan fingerprint density at radius 2 is 2.11 bits per heavy atom. The van der Waals surface area contributed by atoms with Crippen molar-refractivity contribution in [3.8, 4) is 0 Å². The smallest absolute Gasteiger partial charge is 0.289 e. The first-order valence-electron chi connectivity index (χ1n) is 5.77. The fraction of sp³-hybridized carbons (Fsp3) is 0.500.